The van der Waals surface area contributed by atoms with Crippen LogP contribution in [0.3, 0.4) is 0 Å². The summed E-state index contributed by atoms with van der Waals surface area (Å²) in [5, 5.41) is 1.96. The Bertz CT molecular complexity index is 456. The van der Waals surface area contributed by atoms with E-state index in [2.05, 4.69) is 20.7 Å². The lowest BCUT2D eigenvalue weighted by atomic mass is 9.92. The molecule has 18 heavy (non-hydrogen) atoms. The molecule has 6 heteroatoms. The quantitative estimate of drug-likeness (QED) is 0.628. The Labute approximate surface area is 119 Å². The summed E-state index contributed by atoms with van der Waals surface area (Å²) in [5.74, 6) is -0.773. The van der Waals surface area contributed by atoms with E-state index >= 15 is 0 Å². The summed E-state index contributed by atoms with van der Waals surface area (Å²) in [6.45, 7) is 3.62. The van der Waals surface area contributed by atoms with E-state index in [9.17, 15) is 9.59 Å². The molecule has 0 atom stereocenters. The van der Waals surface area contributed by atoms with Crippen molar-refractivity contribution in [1.29, 1.82) is 0 Å². The van der Waals surface area contributed by atoms with Crippen LogP contribution in [-0.4, -0.2) is 30.9 Å². The molecule has 1 amide bonds. The highest BCUT2D eigenvalue weighted by molar-refractivity contribution is 9.10. The van der Waals surface area contributed by atoms with Crippen LogP contribution in [0.25, 0.3) is 0 Å². The Morgan fingerprint density at radius 3 is 2.56 bits per heavy atom. The number of carbonyl (C=O) groups excluding carboxylic acids is 2. The molecule has 0 aliphatic rings. The lowest BCUT2D eigenvalue weighted by Crippen LogP contribution is -2.43. The van der Waals surface area contributed by atoms with Gasteiger partial charge in [0, 0.05) is 21.8 Å². The maximum absolute atomic E-state index is 12.2. The van der Waals surface area contributed by atoms with Crippen LogP contribution in [0.4, 0.5) is 0 Å². The average Bonchev–Trinajstić information content (AvgIpc) is 2.72. The number of amides is 1. The topological polar surface area (TPSA) is 46.6 Å². The summed E-state index contributed by atoms with van der Waals surface area (Å²) in [6.07, 6.45) is 0. The molecular weight excluding hydrogens is 318 g/mol. The van der Waals surface area contributed by atoms with Gasteiger partial charge in [-0.15, -0.1) is 11.3 Å². The Morgan fingerprint density at radius 1 is 1.50 bits per heavy atom. The highest BCUT2D eigenvalue weighted by atomic mass is 79.9. The number of methoxy groups -OCH3 is 1. The van der Waals surface area contributed by atoms with E-state index in [0.717, 1.165) is 9.35 Å². The highest BCUT2D eigenvalue weighted by Crippen LogP contribution is 2.24. The molecule has 0 N–H and O–H groups in total. The van der Waals surface area contributed by atoms with Crippen molar-refractivity contribution in [2.75, 3.05) is 14.2 Å². The molecule has 1 rings (SSSR count). The molecule has 0 saturated heterocycles. The fourth-order valence-electron chi connectivity index (χ4n) is 1.56. The van der Waals surface area contributed by atoms with Crippen LogP contribution in [0.5, 0.6) is 0 Å². The van der Waals surface area contributed by atoms with E-state index in [0.29, 0.717) is 6.54 Å². The Hall–Kier alpha value is -0.880. The van der Waals surface area contributed by atoms with Gasteiger partial charge in [0.25, 0.3) is 0 Å². The molecule has 4 nitrogen and oxygen atoms in total. The van der Waals surface area contributed by atoms with Crippen LogP contribution in [0.1, 0.15) is 18.7 Å². The zero-order chi connectivity index (χ0) is 13.9. The van der Waals surface area contributed by atoms with Gasteiger partial charge in [-0.1, -0.05) is 0 Å². The zero-order valence-corrected chi connectivity index (χ0v) is 13.2. The van der Waals surface area contributed by atoms with Crippen LogP contribution >= 0.6 is 27.3 Å². The summed E-state index contributed by atoms with van der Waals surface area (Å²) >= 11 is 4.93. The second-order valence-corrected chi connectivity index (χ2v) is 6.42. The molecular formula is C12H16BrNO3S. The summed E-state index contributed by atoms with van der Waals surface area (Å²) in [6, 6.07) is 1.96. The van der Waals surface area contributed by atoms with E-state index in [1.807, 2.05) is 11.4 Å². The van der Waals surface area contributed by atoms with Crippen molar-refractivity contribution in [1.82, 2.24) is 4.90 Å². The number of ether oxygens (including phenoxy) is 1. The Balaban J connectivity index is 2.75. The monoisotopic (exact) mass is 333 g/mol. The minimum Gasteiger partial charge on any atom is -0.468 e. The summed E-state index contributed by atoms with van der Waals surface area (Å²) < 4.78 is 5.65. The van der Waals surface area contributed by atoms with Crippen molar-refractivity contribution in [3.05, 3.63) is 20.8 Å². The van der Waals surface area contributed by atoms with Crippen LogP contribution < -0.4 is 0 Å². The maximum atomic E-state index is 12.2. The molecule has 0 fully saturated rings. The summed E-state index contributed by atoms with van der Waals surface area (Å²) in [4.78, 5) is 26.3. The van der Waals surface area contributed by atoms with Crippen LogP contribution in [0.15, 0.2) is 15.9 Å². The van der Waals surface area contributed by atoms with Crippen LogP contribution in [-0.2, 0) is 20.9 Å². The second-order valence-electron chi connectivity index (χ2n) is 4.51. The molecule has 0 unspecified atom stereocenters. The van der Waals surface area contributed by atoms with Gasteiger partial charge in [-0.25, -0.2) is 0 Å². The third kappa shape index (κ3) is 3.32. The standard InChI is InChI=1S/C12H16BrNO3S/c1-12(2,11(16)17-4)10(15)14(3)6-9-5-8(13)7-18-9/h5,7H,6H2,1-4H3. The van der Waals surface area contributed by atoms with Gasteiger partial charge in [-0.2, -0.15) is 0 Å². The number of hydrogen-bond acceptors (Lipinski definition) is 4. The maximum Gasteiger partial charge on any atom is 0.320 e. The molecule has 1 aromatic rings. The third-order valence-electron chi connectivity index (χ3n) is 2.59. The summed E-state index contributed by atoms with van der Waals surface area (Å²) in [7, 11) is 2.97. The molecule has 0 saturated carbocycles. The number of halogens is 1. The number of thiophene rings is 1. The molecule has 1 aromatic heterocycles. The second kappa shape index (κ2) is 5.84. The fraction of sp³-hybridized carbons (Fsp3) is 0.500. The number of esters is 1. The lowest BCUT2D eigenvalue weighted by molar-refractivity contribution is -0.160. The van der Waals surface area contributed by atoms with Gasteiger partial charge >= 0.3 is 5.97 Å². The zero-order valence-electron chi connectivity index (χ0n) is 10.8. The van der Waals surface area contributed by atoms with Gasteiger partial charge in [0.2, 0.25) is 5.91 Å². The average molecular weight is 334 g/mol. The van der Waals surface area contributed by atoms with Gasteiger partial charge in [0.15, 0.2) is 0 Å². The minimum absolute atomic E-state index is 0.251. The first-order valence-electron chi connectivity index (χ1n) is 5.36. The summed E-state index contributed by atoms with van der Waals surface area (Å²) in [5.41, 5.74) is -1.15. The van der Waals surface area contributed by atoms with E-state index in [-0.39, 0.29) is 5.91 Å². The lowest BCUT2D eigenvalue weighted by Gasteiger charge is -2.26. The van der Waals surface area contributed by atoms with Crippen molar-refractivity contribution in [3.63, 3.8) is 0 Å². The first kappa shape index (κ1) is 15.2. The fourth-order valence-corrected chi connectivity index (χ4v) is 3.07. The van der Waals surface area contributed by atoms with Crippen molar-refractivity contribution < 1.29 is 14.3 Å². The SMILES string of the molecule is COC(=O)C(C)(C)C(=O)N(C)Cc1cc(Br)cs1. The van der Waals surface area contributed by atoms with E-state index in [1.54, 1.807) is 32.2 Å². The van der Waals surface area contributed by atoms with Crippen LogP contribution in [0, 0.1) is 5.41 Å². The van der Waals surface area contributed by atoms with Crippen molar-refractivity contribution in [3.8, 4) is 0 Å². The normalized spacial score (nSPS) is 11.2. The predicted octanol–water partition coefficient (Wildman–Crippen LogP) is 2.67. The molecule has 0 radical (unpaired) electrons. The first-order valence-corrected chi connectivity index (χ1v) is 7.03. The highest BCUT2D eigenvalue weighted by Gasteiger charge is 2.39. The van der Waals surface area contributed by atoms with Crippen molar-refractivity contribution in [2.24, 2.45) is 5.41 Å². The van der Waals surface area contributed by atoms with Crippen molar-refractivity contribution in [2.45, 2.75) is 20.4 Å². The van der Waals surface area contributed by atoms with Crippen molar-refractivity contribution >= 4 is 39.1 Å². The van der Waals surface area contributed by atoms with E-state index < -0.39 is 11.4 Å². The molecule has 100 valence electrons. The molecule has 0 aliphatic heterocycles. The molecule has 0 aromatic carbocycles. The third-order valence-corrected chi connectivity index (χ3v) is 4.27. The van der Waals surface area contributed by atoms with Gasteiger partial charge in [-0.3, -0.25) is 9.59 Å². The Morgan fingerprint density at radius 2 is 2.11 bits per heavy atom. The molecule has 0 aliphatic carbocycles. The number of rotatable bonds is 4. The van der Waals surface area contributed by atoms with E-state index in [1.165, 1.54) is 12.0 Å². The van der Waals surface area contributed by atoms with Gasteiger partial charge < -0.3 is 9.64 Å². The van der Waals surface area contributed by atoms with Gasteiger partial charge in [-0.05, 0) is 35.8 Å². The predicted molar refractivity (Wildman–Crippen MR) is 74.3 cm³/mol. The minimum atomic E-state index is -1.15. The number of hydrogen-bond donors (Lipinski definition) is 0. The Kier molecular flexibility index (Phi) is 4.92. The first-order chi connectivity index (χ1) is 8.28. The molecule has 0 spiro atoms. The number of carbonyl (C=O) groups is 2. The van der Waals surface area contributed by atoms with E-state index in [4.69, 9.17) is 0 Å². The molecule has 0 bridgehead atoms. The van der Waals surface area contributed by atoms with Crippen LogP contribution in [0.2, 0.25) is 0 Å². The number of nitrogens with zero attached hydrogens (tertiary/aromatic N) is 1. The largest absolute Gasteiger partial charge is 0.468 e. The smallest absolute Gasteiger partial charge is 0.320 e. The molecule has 1 heterocycles. The van der Waals surface area contributed by atoms with Gasteiger partial charge in [0.1, 0.15) is 5.41 Å². The van der Waals surface area contributed by atoms with Gasteiger partial charge in [0.05, 0.1) is 13.7 Å².